The summed E-state index contributed by atoms with van der Waals surface area (Å²) >= 11 is 0. The lowest BCUT2D eigenvalue weighted by Crippen LogP contribution is -2.11. The van der Waals surface area contributed by atoms with Crippen LogP contribution < -0.4 is 9.46 Å². The SMILES string of the molecule is COc1cc([N+](=O)[O-])ccc1NS(=O)(=O)O. The number of rotatable bonds is 4. The van der Waals surface area contributed by atoms with Gasteiger partial charge < -0.3 is 4.74 Å². The first-order chi connectivity index (χ1) is 7.33. The number of ether oxygens (including phenoxy) is 1. The molecule has 16 heavy (non-hydrogen) atoms. The van der Waals surface area contributed by atoms with Gasteiger partial charge in [-0.05, 0) is 6.07 Å². The molecule has 0 radical (unpaired) electrons. The van der Waals surface area contributed by atoms with Gasteiger partial charge in [0, 0.05) is 6.07 Å². The number of hydrogen-bond acceptors (Lipinski definition) is 5. The van der Waals surface area contributed by atoms with Gasteiger partial charge in [-0.25, -0.2) is 0 Å². The molecular weight excluding hydrogens is 240 g/mol. The fourth-order valence-corrected chi connectivity index (χ4v) is 1.46. The van der Waals surface area contributed by atoms with E-state index < -0.39 is 15.2 Å². The highest BCUT2D eigenvalue weighted by atomic mass is 32.2. The van der Waals surface area contributed by atoms with Crippen LogP contribution in [-0.2, 0) is 10.3 Å². The van der Waals surface area contributed by atoms with E-state index in [1.54, 1.807) is 4.72 Å². The van der Waals surface area contributed by atoms with Crippen molar-refractivity contribution < 1.29 is 22.6 Å². The van der Waals surface area contributed by atoms with Crippen molar-refractivity contribution in [2.75, 3.05) is 11.8 Å². The van der Waals surface area contributed by atoms with Gasteiger partial charge >= 0.3 is 10.3 Å². The molecule has 8 nitrogen and oxygen atoms in total. The number of benzene rings is 1. The minimum Gasteiger partial charge on any atom is -0.494 e. The average Bonchev–Trinajstić information content (AvgIpc) is 2.15. The summed E-state index contributed by atoms with van der Waals surface area (Å²) in [5.74, 6) is -0.0631. The van der Waals surface area contributed by atoms with Crippen LogP contribution in [0.1, 0.15) is 0 Å². The molecule has 0 aliphatic rings. The van der Waals surface area contributed by atoms with E-state index in [4.69, 9.17) is 9.29 Å². The molecule has 0 aromatic heterocycles. The summed E-state index contributed by atoms with van der Waals surface area (Å²) in [5.41, 5.74) is -0.340. The largest absolute Gasteiger partial charge is 0.494 e. The maximum Gasteiger partial charge on any atom is 0.357 e. The summed E-state index contributed by atoms with van der Waals surface area (Å²) in [4.78, 5) is 9.77. The van der Waals surface area contributed by atoms with Crippen molar-refractivity contribution in [3.63, 3.8) is 0 Å². The lowest BCUT2D eigenvalue weighted by atomic mass is 10.2. The Labute approximate surface area is 90.9 Å². The van der Waals surface area contributed by atoms with Crippen molar-refractivity contribution in [2.24, 2.45) is 0 Å². The van der Waals surface area contributed by atoms with Gasteiger partial charge in [0.25, 0.3) is 5.69 Å². The molecule has 0 spiro atoms. The molecular formula is C7H8N2O6S. The number of methoxy groups -OCH3 is 1. The predicted octanol–water partition coefficient (Wildman–Crippen LogP) is 0.818. The first-order valence-corrected chi connectivity index (χ1v) is 5.35. The summed E-state index contributed by atoms with van der Waals surface area (Å²) in [5, 5.41) is 10.4. The van der Waals surface area contributed by atoms with Crippen LogP contribution in [0.2, 0.25) is 0 Å². The molecule has 1 aromatic rings. The Morgan fingerprint density at radius 3 is 2.56 bits per heavy atom. The predicted molar refractivity (Wildman–Crippen MR) is 54.8 cm³/mol. The van der Waals surface area contributed by atoms with Crippen LogP contribution in [0.15, 0.2) is 18.2 Å². The fourth-order valence-electron chi connectivity index (χ4n) is 1.02. The third kappa shape index (κ3) is 3.07. The molecule has 9 heteroatoms. The molecule has 0 heterocycles. The summed E-state index contributed by atoms with van der Waals surface area (Å²) in [6.07, 6.45) is 0. The number of nitrogens with one attached hydrogen (secondary N) is 1. The minimum absolute atomic E-state index is 0.0631. The number of nitro benzene ring substituents is 1. The van der Waals surface area contributed by atoms with Gasteiger partial charge in [-0.15, -0.1) is 0 Å². The summed E-state index contributed by atoms with van der Waals surface area (Å²) in [6.45, 7) is 0. The van der Waals surface area contributed by atoms with Gasteiger partial charge in [0.15, 0.2) is 0 Å². The number of hydrogen-bond donors (Lipinski definition) is 2. The lowest BCUT2D eigenvalue weighted by molar-refractivity contribution is -0.384. The first kappa shape index (κ1) is 12.2. The highest BCUT2D eigenvalue weighted by molar-refractivity contribution is 7.87. The van der Waals surface area contributed by atoms with Crippen molar-refractivity contribution in [1.82, 2.24) is 0 Å². The molecule has 1 aromatic carbocycles. The van der Waals surface area contributed by atoms with E-state index in [1.807, 2.05) is 0 Å². The van der Waals surface area contributed by atoms with Gasteiger partial charge in [-0.3, -0.25) is 19.4 Å². The third-order valence-electron chi connectivity index (χ3n) is 1.63. The van der Waals surface area contributed by atoms with Crippen molar-refractivity contribution in [3.8, 4) is 5.75 Å². The summed E-state index contributed by atoms with van der Waals surface area (Å²) < 4.78 is 36.1. The number of non-ortho nitro benzene ring substituents is 1. The highest BCUT2D eigenvalue weighted by Crippen LogP contribution is 2.29. The van der Waals surface area contributed by atoms with Crippen LogP contribution in [0.5, 0.6) is 5.75 Å². The molecule has 0 aliphatic carbocycles. The average molecular weight is 248 g/mol. The number of anilines is 1. The quantitative estimate of drug-likeness (QED) is 0.462. The van der Waals surface area contributed by atoms with Gasteiger partial charge in [0.2, 0.25) is 0 Å². The Kier molecular flexibility index (Phi) is 3.30. The summed E-state index contributed by atoms with van der Waals surface area (Å²) in [7, 11) is -3.23. The highest BCUT2D eigenvalue weighted by Gasteiger charge is 2.14. The molecule has 0 atom stereocenters. The third-order valence-corrected chi connectivity index (χ3v) is 2.11. The van der Waals surface area contributed by atoms with Crippen LogP contribution in [0.4, 0.5) is 11.4 Å². The number of nitrogens with zero attached hydrogens (tertiary/aromatic N) is 1. The number of nitro groups is 1. The molecule has 0 saturated heterocycles. The zero-order valence-corrected chi connectivity index (χ0v) is 8.89. The van der Waals surface area contributed by atoms with Crippen molar-refractivity contribution in [1.29, 1.82) is 0 Å². The van der Waals surface area contributed by atoms with Crippen LogP contribution >= 0.6 is 0 Å². The molecule has 1 rings (SSSR count). The minimum atomic E-state index is -4.44. The zero-order chi connectivity index (χ0) is 12.3. The smallest absolute Gasteiger partial charge is 0.357 e. The molecule has 0 amide bonds. The normalized spacial score (nSPS) is 10.9. The van der Waals surface area contributed by atoms with Crippen molar-refractivity contribution in [2.45, 2.75) is 0 Å². The molecule has 88 valence electrons. The van der Waals surface area contributed by atoms with Crippen LogP contribution in [0.25, 0.3) is 0 Å². The van der Waals surface area contributed by atoms with Gasteiger partial charge in [0.05, 0.1) is 23.8 Å². The maximum absolute atomic E-state index is 10.5. The van der Waals surface area contributed by atoms with Crippen LogP contribution in [0, 0.1) is 10.1 Å². The van der Waals surface area contributed by atoms with Gasteiger partial charge in [0.1, 0.15) is 5.75 Å². The van der Waals surface area contributed by atoms with Crippen LogP contribution in [-0.4, -0.2) is 25.0 Å². The van der Waals surface area contributed by atoms with E-state index >= 15 is 0 Å². The van der Waals surface area contributed by atoms with Gasteiger partial charge in [-0.2, -0.15) is 8.42 Å². The Morgan fingerprint density at radius 1 is 1.50 bits per heavy atom. The van der Waals surface area contributed by atoms with E-state index in [0.29, 0.717) is 0 Å². The van der Waals surface area contributed by atoms with Gasteiger partial charge in [-0.1, -0.05) is 0 Å². The van der Waals surface area contributed by atoms with Crippen LogP contribution in [0.3, 0.4) is 0 Å². The fraction of sp³-hybridized carbons (Fsp3) is 0.143. The lowest BCUT2D eigenvalue weighted by Gasteiger charge is -2.07. The molecule has 0 aliphatic heterocycles. The van der Waals surface area contributed by atoms with E-state index in [-0.39, 0.29) is 17.1 Å². The molecule has 2 N–H and O–H groups in total. The second kappa shape index (κ2) is 4.33. The Morgan fingerprint density at radius 2 is 2.12 bits per heavy atom. The Hall–Kier alpha value is -1.87. The van der Waals surface area contributed by atoms with E-state index in [0.717, 1.165) is 18.2 Å². The topological polar surface area (TPSA) is 119 Å². The van der Waals surface area contributed by atoms with E-state index in [2.05, 4.69) is 0 Å². The maximum atomic E-state index is 10.5. The van der Waals surface area contributed by atoms with E-state index in [1.165, 1.54) is 7.11 Å². The monoisotopic (exact) mass is 248 g/mol. The van der Waals surface area contributed by atoms with Crippen molar-refractivity contribution >= 4 is 21.7 Å². The molecule has 0 saturated carbocycles. The second-order valence-corrected chi connectivity index (χ2v) is 3.87. The van der Waals surface area contributed by atoms with Crippen molar-refractivity contribution in [3.05, 3.63) is 28.3 Å². The Bertz CT molecular complexity index is 512. The first-order valence-electron chi connectivity index (χ1n) is 3.91. The second-order valence-electron chi connectivity index (χ2n) is 2.72. The molecule has 0 fully saturated rings. The van der Waals surface area contributed by atoms with E-state index in [9.17, 15) is 18.5 Å². The Balaban J connectivity index is 3.17. The standard InChI is InChI=1S/C7H8N2O6S/c1-15-7-4-5(9(10)11)2-3-6(7)8-16(12,13)14/h2-4,8H,1H3,(H,12,13,14). The zero-order valence-electron chi connectivity index (χ0n) is 8.08. The molecule has 0 unspecified atom stereocenters. The summed E-state index contributed by atoms with van der Waals surface area (Å²) in [6, 6.07) is 3.23. The molecule has 0 bridgehead atoms.